The minimum absolute atomic E-state index is 0.0225. The first-order valence-electron chi connectivity index (χ1n) is 11.7. The monoisotopic (exact) mass is 556 g/mol. The summed E-state index contributed by atoms with van der Waals surface area (Å²) in [5.41, 5.74) is 0. The molecule has 8 heteroatoms. The van der Waals surface area contributed by atoms with Gasteiger partial charge in [0, 0.05) is 10.4 Å². The molecule has 0 unspecified atom stereocenters. The van der Waals surface area contributed by atoms with Crippen molar-refractivity contribution in [3.8, 4) is 11.5 Å². The van der Waals surface area contributed by atoms with Crippen LogP contribution in [0.3, 0.4) is 0 Å². The van der Waals surface area contributed by atoms with E-state index in [1.54, 1.807) is 0 Å². The summed E-state index contributed by atoms with van der Waals surface area (Å²) in [6.45, 7) is 9.18. The maximum atomic E-state index is 9.31. The maximum Gasteiger partial charge on any atom is 0.120 e. The van der Waals surface area contributed by atoms with E-state index in [1.807, 2.05) is 59.2 Å². The predicted octanol–water partition coefficient (Wildman–Crippen LogP) is 6.33. The van der Waals surface area contributed by atoms with Crippen LogP contribution in [0.25, 0.3) is 30.0 Å². The van der Waals surface area contributed by atoms with E-state index in [2.05, 4.69) is 52.0 Å². The molecule has 0 bridgehead atoms. The van der Waals surface area contributed by atoms with Crippen LogP contribution in [0.2, 0.25) is 0 Å². The lowest BCUT2D eigenvalue weighted by molar-refractivity contribution is 0.201. The molecular weight excluding hydrogens is 529 g/mol. The van der Waals surface area contributed by atoms with Crippen LogP contribution < -0.4 is 19.9 Å². The second kappa shape index (κ2) is 11.0. The minimum atomic E-state index is -0.0225. The van der Waals surface area contributed by atoms with Crippen LogP contribution in [0, 0.1) is 0 Å². The predicted molar refractivity (Wildman–Crippen MR) is 160 cm³/mol. The number of aliphatic hydroxyl groups excluding tert-OH is 2. The molecule has 188 valence electrons. The molecule has 2 heterocycles. The molecular formula is C28H28O4S4. The largest absolute Gasteiger partial charge is 0.491 e. The van der Waals surface area contributed by atoms with Crippen LogP contribution in [-0.2, 0) is 0 Å². The van der Waals surface area contributed by atoms with Crippen LogP contribution in [0.4, 0.5) is 0 Å². The van der Waals surface area contributed by atoms with E-state index < -0.39 is 0 Å². The molecule has 0 saturated carbocycles. The molecule has 36 heavy (non-hydrogen) atoms. The molecule has 0 amide bonds. The maximum absolute atomic E-state index is 9.31. The van der Waals surface area contributed by atoms with Crippen molar-refractivity contribution in [2.45, 2.75) is 27.7 Å². The Kier molecular flexibility index (Phi) is 7.91. The van der Waals surface area contributed by atoms with Gasteiger partial charge in [-0.2, -0.15) is 0 Å². The number of benzene rings is 3. The molecule has 5 rings (SSSR count). The average Bonchev–Trinajstić information content (AvgIpc) is 3.38. The third kappa shape index (κ3) is 4.91. The smallest absolute Gasteiger partial charge is 0.120 e. The summed E-state index contributed by atoms with van der Waals surface area (Å²) in [7, 11) is 0. The van der Waals surface area contributed by atoms with Gasteiger partial charge in [-0.15, -0.1) is 0 Å². The van der Waals surface area contributed by atoms with E-state index in [-0.39, 0.29) is 26.4 Å². The summed E-state index contributed by atoms with van der Waals surface area (Å²) in [5.74, 6) is 1.51. The molecule has 4 nitrogen and oxygen atoms in total. The molecule has 0 saturated heterocycles. The highest BCUT2D eigenvalue weighted by molar-refractivity contribution is 8.36. The zero-order valence-corrected chi connectivity index (χ0v) is 23.9. The lowest BCUT2D eigenvalue weighted by Gasteiger charge is -2.14. The van der Waals surface area contributed by atoms with Crippen molar-refractivity contribution in [2.24, 2.45) is 0 Å². The highest BCUT2D eigenvalue weighted by Crippen LogP contribution is 2.51. The van der Waals surface area contributed by atoms with Crippen molar-refractivity contribution in [1.29, 1.82) is 0 Å². The Labute approximate surface area is 227 Å². The van der Waals surface area contributed by atoms with E-state index in [1.165, 1.54) is 49.3 Å². The fourth-order valence-electron chi connectivity index (χ4n) is 4.22. The number of allylic oxidation sites excluding steroid dienone is 4. The topological polar surface area (TPSA) is 58.9 Å². The van der Waals surface area contributed by atoms with Gasteiger partial charge in [-0.1, -0.05) is 47.0 Å². The summed E-state index contributed by atoms with van der Waals surface area (Å²) in [6.07, 6.45) is 0. The van der Waals surface area contributed by atoms with Crippen molar-refractivity contribution in [3.63, 3.8) is 0 Å². The molecule has 3 aromatic rings. The second-order valence-corrected chi connectivity index (χ2v) is 13.9. The lowest BCUT2D eigenvalue weighted by Crippen LogP contribution is -2.17. The minimum Gasteiger partial charge on any atom is -0.491 e. The van der Waals surface area contributed by atoms with Crippen molar-refractivity contribution < 1.29 is 19.7 Å². The van der Waals surface area contributed by atoms with Crippen LogP contribution >= 0.6 is 47.0 Å². The van der Waals surface area contributed by atoms with Crippen molar-refractivity contribution in [1.82, 2.24) is 0 Å². The number of rotatable bonds is 6. The van der Waals surface area contributed by atoms with E-state index in [0.29, 0.717) is 0 Å². The fourth-order valence-corrected chi connectivity index (χ4v) is 9.53. The molecule has 0 spiro atoms. The molecule has 0 aliphatic carbocycles. The van der Waals surface area contributed by atoms with Gasteiger partial charge in [0.1, 0.15) is 24.7 Å². The molecule has 2 aliphatic rings. The quantitative estimate of drug-likeness (QED) is 0.342. The Morgan fingerprint density at radius 2 is 0.917 bits per heavy atom. The first kappa shape index (κ1) is 25.9. The van der Waals surface area contributed by atoms with Gasteiger partial charge >= 0.3 is 0 Å². The highest BCUT2D eigenvalue weighted by Gasteiger charge is 2.22. The number of ether oxygens (including phenoxy) is 2. The standard InChI is InChI=1S/C28H28O4S4/c1-15-16(2)34-27(33-15)25-21-7-5-20(32-12-10-30)14-24(21)26(28-35-17(3)18(4)36-28)22-8-6-19(13-23(22)25)31-11-9-29/h5-8,13-14,29-30H,9-12H2,1-4H3. The zero-order valence-electron chi connectivity index (χ0n) is 20.6. The number of hydrogen-bond donors (Lipinski definition) is 2. The lowest BCUT2D eigenvalue weighted by atomic mass is 9.98. The Hall–Kier alpha value is -1.68. The third-order valence-corrected chi connectivity index (χ3v) is 11.4. The van der Waals surface area contributed by atoms with Gasteiger partial charge in [0.05, 0.1) is 21.7 Å². The van der Waals surface area contributed by atoms with Crippen LogP contribution in [0.15, 0.2) is 56.0 Å². The van der Waals surface area contributed by atoms with E-state index >= 15 is 0 Å². The average molecular weight is 557 g/mol. The molecule has 3 aromatic carbocycles. The van der Waals surface area contributed by atoms with Crippen LogP contribution in [-0.4, -0.2) is 36.6 Å². The van der Waals surface area contributed by atoms with Crippen molar-refractivity contribution in [3.05, 3.63) is 66.5 Å². The van der Waals surface area contributed by atoms with Gasteiger partial charge in [0.2, 0.25) is 0 Å². The molecule has 0 fully saturated rings. The zero-order chi connectivity index (χ0) is 25.4. The molecule has 2 aliphatic heterocycles. The fraction of sp³-hybridized carbons (Fsp3) is 0.286. The SMILES string of the molecule is CC1=C(C)SC(=c2c3ccc(OCCO)cc3c(=C3SC(C)=C(C)S3)c3ccc(OCCO)cc23)S1. The van der Waals surface area contributed by atoms with Gasteiger partial charge in [-0.05, 0) is 105 Å². The summed E-state index contributed by atoms with van der Waals surface area (Å²) < 4.78 is 14.2. The van der Waals surface area contributed by atoms with E-state index in [4.69, 9.17) is 9.47 Å². The van der Waals surface area contributed by atoms with Gasteiger partial charge in [0.25, 0.3) is 0 Å². The summed E-state index contributed by atoms with van der Waals surface area (Å²) in [4.78, 5) is 5.29. The first-order valence-corrected chi connectivity index (χ1v) is 15.0. The number of fused-ring (bicyclic) bond motifs is 2. The van der Waals surface area contributed by atoms with Gasteiger partial charge in [0.15, 0.2) is 0 Å². The highest BCUT2D eigenvalue weighted by atomic mass is 32.2. The summed E-state index contributed by atoms with van der Waals surface area (Å²) in [5, 5.41) is 25.6. The van der Waals surface area contributed by atoms with Gasteiger partial charge in [-0.25, -0.2) is 0 Å². The van der Waals surface area contributed by atoms with E-state index in [0.717, 1.165) is 22.3 Å². The summed E-state index contributed by atoms with van der Waals surface area (Å²) in [6, 6.07) is 12.5. The van der Waals surface area contributed by atoms with Crippen molar-refractivity contribution in [2.75, 3.05) is 26.4 Å². The first-order chi connectivity index (χ1) is 17.4. The third-order valence-electron chi connectivity index (χ3n) is 6.16. The second-order valence-electron chi connectivity index (χ2n) is 8.52. The number of aliphatic hydroxyl groups is 2. The number of thioether (sulfide) groups is 4. The Morgan fingerprint density at radius 1 is 0.556 bits per heavy atom. The molecule has 0 atom stereocenters. The van der Waals surface area contributed by atoms with Gasteiger partial charge in [-0.3, -0.25) is 0 Å². The molecule has 0 aromatic heterocycles. The van der Waals surface area contributed by atoms with Gasteiger partial charge < -0.3 is 19.7 Å². The molecule has 0 radical (unpaired) electrons. The molecule has 2 N–H and O–H groups in total. The van der Waals surface area contributed by atoms with E-state index in [9.17, 15) is 10.2 Å². The summed E-state index contributed by atoms with van der Waals surface area (Å²) >= 11 is 7.30. The Bertz CT molecular complexity index is 1410. The normalized spacial score (nSPS) is 16.3. The number of hydrogen-bond acceptors (Lipinski definition) is 8. The van der Waals surface area contributed by atoms with Crippen molar-refractivity contribution >= 4 is 77.1 Å². The Balaban J connectivity index is 1.93. The van der Waals surface area contributed by atoms with Crippen LogP contribution in [0.5, 0.6) is 11.5 Å². The van der Waals surface area contributed by atoms with Crippen LogP contribution in [0.1, 0.15) is 27.7 Å². The Morgan fingerprint density at radius 3 is 1.25 bits per heavy atom.